The maximum Gasteiger partial charge on any atom is 0.175 e. The Morgan fingerprint density at radius 2 is 1.83 bits per heavy atom. The second-order valence-corrected chi connectivity index (χ2v) is 5.44. The highest BCUT2D eigenvalue weighted by Gasteiger charge is 2.15. The molecule has 0 aliphatic rings. The van der Waals surface area contributed by atoms with Crippen LogP contribution in [0.2, 0.25) is 0 Å². The van der Waals surface area contributed by atoms with Gasteiger partial charge in [0.25, 0.3) is 0 Å². The van der Waals surface area contributed by atoms with Gasteiger partial charge in [0.05, 0.1) is 17.2 Å². The van der Waals surface area contributed by atoms with Crippen LogP contribution >= 0.6 is 31.9 Å². The van der Waals surface area contributed by atoms with Gasteiger partial charge in [0, 0.05) is 5.33 Å². The first kappa shape index (κ1) is 15.8. The number of hydrogen-bond acceptors (Lipinski definition) is 2. The molecule has 1 rings (SSSR count). The summed E-state index contributed by atoms with van der Waals surface area (Å²) in [6.07, 6.45) is 2.22. The number of hydrogen-bond donors (Lipinski definition) is 0. The van der Waals surface area contributed by atoms with E-state index in [-0.39, 0.29) is 6.10 Å². The Hall–Kier alpha value is -0.220. The molecule has 0 N–H and O–H groups in total. The predicted octanol–water partition coefficient (Wildman–Crippen LogP) is 5.31. The summed E-state index contributed by atoms with van der Waals surface area (Å²) in [5.74, 6) is 1.63. The van der Waals surface area contributed by atoms with E-state index in [9.17, 15) is 0 Å². The molecule has 0 spiro atoms. The van der Waals surface area contributed by atoms with Gasteiger partial charge in [-0.3, -0.25) is 0 Å². The highest BCUT2D eigenvalue weighted by atomic mass is 79.9. The van der Waals surface area contributed by atoms with Crippen LogP contribution in [0.25, 0.3) is 0 Å². The van der Waals surface area contributed by atoms with Crippen molar-refractivity contribution in [3.63, 3.8) is 0 Å². The molecule has 1 aromatic rings. The van der Waals surface area contributed by atoms with Crippen LogP contribution in [0.3, 0.4) is 0 Å². The lowest BCUT2D eigenvalue weighted by Crippen LogP contribution is -2.15. The number of rotatable bonds is 7. The summed E-state index contributed by atoms with van der Waals surface area (Å²) in [5, 5.41) is 0.803. The topological polar surface area (TPSA) is 18.5 Å². The van der Waals surface area contributed by atoms with Crippen molar-refractivity contribution in [3.8, 4) is 11.5 Å². The van der Waals surface area contributed by atoms with Gasteiger partial charge in [0.15, 0.2) is 11.5 Å². The third kappa shape index (κ3) is 4.16. The first-order valence-electron chi connectivity index (χ1n) is 6.33. The average Bonchev–Trinajstić information content (AvgIpc) is 2.38. The summed E-state index contributed by atoms with van der Waals surface area (Å²) in [5.41, 5.74) is 1.17. The Labute approximate surface area is 126 Å². The van der Waals surface area contributed by atoms with E-state index in [0.717, 1.165) is 34.1 Å². The monoisotopic (exact) mass is 378 g/mol. The highest BCUT2D eigenvalue weighted by Crippen LogP contribution is 2.38. The van der Waals surface area contributed by atoms with Gasteiger partial charge in [-0.2, -0.15) is 0 Å². The van der Waals surface area contributed by atoms with Crippen LogP contribution in [0.15, 0.2) is 16.6 Å². The molecule has 0 unspecified atom stereocenters. The quantitative estimate of drug-likeness (QED) is 0.597. The van der Waals surface area contributed by atoms with Crippen molar-refractivity contribution in [2.75, 3.05) is 6.61 Å². The first-order chi connectivity index (χ1) is 8.65. The van der Waals surface area contributed by atoms with Crippen molar-refractivity contribution in [2.45, 2.75) is 45.0 Å². The highest BCUT2D eigenvalue weighted by molar-refractivity contribution is 9.10. The predicted molar refractivity (Wildman–Crippen MR) is 82.9 cm³/mol. The molecule has 0 fully saturated rings. The molecular weight excluding hydrogens is 360 g/mol. The smallest absolute Gasteiger partial charge is 0.175 e. The van der Waals surface area contributed by atoms with Crippen LogP contribution in [0.5, 0.6) is 11.5 Å². The van der Waals surface area contributed by atoms with Crippen LogP contribution in [-0.2, 0) is 5.33 Å². The SMILES string of the molecule is CCOc1cc(CBr)cc(Br)c1OC(CC)CC. The number of benzene rings is 1. The molecule has 0 aromatic heterocycles. The molecule has 0 saturated heterocycles. The fraction of sp³-hybridized carbons (Fsp3) is 0.571. The minimum Gasteiger partial charge on any atom is -0.490 e. The molecule has 2 nitrogen and oxygen atoms in total. The zero-order valence-electron chi connectivity index (χ0n) is 11.1. The molecule has 0 aliphatic carbocycles. The molecule has 4 heteroatoms. The van der Waals surface area contributed by atoms with Crippen LogP contribution in [0.1, 0.15) is 39.2 Å². The normalized spacial score (nSPS) is 10.8. The lowest BCUT2D eigenvalue weighted by Gasteiger charge is -2.20. The molecule has 0 radical (unpaired) electrons. The molecule has 0 atom stereocenters. The third-order valence-corrected chi connectivity index (χ3v) is 3.96. The van der Waals surface area contributed by atoms with E-state index in [1.165, 1.54) is 5.56 Å². The van der Waals surface area contributed by atoms with Crippen molar-refractivity contribution in [1.29, 1.82) is 0 Å². The van der Waals surface area contributed by atoms with E-state index in [2.05, 4.69) is 51.8 Å². The lowest BCUT2D eigenvalue weighted by atomic mass is 10.2. The first-order valence-corrected chi connectivity index (χ1v) is 8.25. The molecule has 0 amide bonds. The Bertz CT molecular complexity index is 376. The third-order valence-electron chi connectivity index (χ3n) is 2.72. The average molecular weight is 380 g/mol. The number of alkyl halides is 1. The number of halogens is 2. The largest absolute Gasteiger partial charge is 0.490 e. The van der Waals surface area contributed by atoms with Crippen molar-refractivity contribution in [1.82, 2.24) is 0 Å². The Kier molecular flexibility index (Phi) is 7.08. The van der Waals surface area contributed by atoms with Gasteiger partial charge in [0.1, 0.15) is 0 Å². The van der Waals surface area contributed by atoms with E-state index in [1.54, 1.807) is 0 Å². The van der Waals surface area contributed by atoms with Gasteiger partial charge in [-0.15, -0.1) is 0 Å². The second kappa shape index (κ2) is 8.05. The fourth-order valence-corrected chi connectivity index (χ4v) is 2.60. The van der Waals surface area contributed by atoms with Gasteiger partial charge in [0.2, 0.25) is 0 Å². The van der Waals surface area contributed by atoms with E-state index < -0.39 is 0 Å². The van der Waals surface area contributed by atoms with E-state index in [0.29, 0.717) is 6.61 Å². The van der Waals surface area contributed by atoms with Crippen molar-refractivity contribution < 1.29 is 9.47 Å². The standard InChI is InChI=1S/C14H20Br2O2/c1-4-11(5-2)18-14-12(16)7-10(9-15)8-13(14)17-6-3/h7-8,11H,4-6,9H2,1-3H3. The molecule has 0 saturated carbocycles. The Morgan fingerprint density at radius 3 is 2.33 bits per heavy atom. The van der Waals surface area contributed by atoms with Crippen molar-refractivity contribution in [3.05, 3.63) is 22.2 Å². The molecule has 1 aromatic carbocycles. The van der Waals surface area contributed by atoms with Gasteiger partial charge < -0.3 is 9.47 Å². The van der Waals surface area contributed by atoms with E-state index in [4.69, 9.17) is 9.47 Å². The summed E-state index contributed by atoms with van der Waals surface area (Å²) in [6.45, 7) is 6.89. The zero-order valence-corrected chi connectivity index (χ0v) is 14.3. The van der Waals surface area contributed by atoms with Crippen LogP contribution in [0, 0.1) is 0 Å². The van der Waals surface area contributed by atoms with Crippen molar-refractivity contribution in [2.24, 2.45) is 0 Å². The maximum atomic E-state index is 6.04. The van der Waals surface area contributed by atoms with Crippen LogP contribution in [-0.4, -0.2) is 12.7 Å². The lowest BCUT2D eigenvalue weighted by molar-refractivity contribution is 0.180. The fourth-order valence-electron chi connectivity index (χ4n) is 1.70. The zero-order chi connectivity index (χ0) is 13.5. The van der Waals surface area contributed by atoms with E-state index in [1.807, 2.05) is 13.0 Å². The van der Waals surface area contributed by atoms with Gasteiger partial charge in [-0.1, -0.05) is 29.8 Å². The Balaban J connectivity index is 3.06. The summed E-state index contributed by atoms with van der Waals surface area (Å²) in [4.78, 5) is 0. The minimum atomic E-state index is 0.232. The van der Waals surface area contributed by atoms with Crippen LogP contribution < -0.4 is 9.47 Å². The molecule has 102 valence electrons. The Morgan fingerprint density at radius 1 is 1.17 bits per heavy atom. The summed E-state index contributed by atoms with van der Waals surface area (Å²) in [6, 6.07) is 4.09. The molecule has 18 heavy (non-hydrogen) atoms. The van der Waals surface area contributed by atoms with Gasteiger partial charge in [-0.25, -0.2) is 0 Å². The molecule has 0 aliphatic heterocycles. The summed E-state index contributed by atoms with van der Waals surface area (Å²) < 4.78 is 12.7. The summed E-state index contributed by atoms with van der Waals surface area (Å²) in [7, 11) is 0. The molecule has 0 heterocycles. The van der Waals surface area contributed by atoms with Crippen molar-refractivity contribution >= 4 is 31.9 Å². The van der Waals surface area contributed by atoms with E-state index >= 15 is 0 Å². The second-order valence-electron chi connectivity index (χ2n) is 4.03. The minimum absolute atomic E-state index is 0.232. The molecular formula is C14H20Br2O2. The summed E-state index contributed by atoms with van der Waals surface area (Å²) >= 11 is 7.03. The van der Waals surface area contributed by atoms with Crippen LogP contribution in [0.4, 0.5) is 0 Å². The maximum absolute atomic E-state index is 6.04. The molecule has 0 bridgehead atoms. The van der Waals surface area contributed by atoms with Gasteiger partial charge in [-0.05, 0) is 53.4 Å². The number of ether oxygens (including phenoxy) is 2. The van der Waals surface area contributed by atoms with Gasteiger partial charge >= 0.3 is 0 Å².